The van der Waals surface area contributed by atoms with Gasteiger partial charge in [-0.1, -0.05) is 23.2 Å². The van der Waals surface area contributed by atoms with Gasteiger partial charge in [0, 0.05) is 38.1 Å². The minimum Gasteiger partial charge on any atom is -0.480 e. The highest BCUT2D eigenvalue weighted by Crippen LogP contribution is 2.31. The highest BCUT2D eigenvalue weighted by Gasteiger charge is 2.39. The average Bonchev–Trinajstić information content (AvgIpc) is 2.74. The van der Waals surface area contributed by atoms with E-state index in [1.807, 2.05) is 4.90 Å². The second kappa shape index (κ2) is 9.60. The molecule has 0 spiro atoms. The molecule has 33 heavy (non-hydrogen) atoms. The van der Waals surface area contributed by atoms with Crippen molar-refractivity contribution in [3.05, 3.63) is 52.0 Å². The number of hydrogen-bond donors (Lipinski definition) is 0. The van der Waals surface area contributed by atoms with E-state index in [1.54, 1.807) is 18.2 Å². The lowest BCUT2D eigenvalue weighted by Crippen LogP contribution is -2.49. The van der Waals surface area contributed by atoms with E-state index in [1.165, 1.54) is 4.90 Å². The summed E-state index contributed by atoms with van der Waals surface area (Å²) in [5, 5.41) is 0.812. The highest BCUT2D eigenvalue weighted by atomic mass is 35.5. The first-order chi connectivity index (χ1) is 15.3. The SMILES string of the molecule is CC(Oc1ccc(S(C)(=O)=O)cc1C(=O)N1CCN(c2ccc(Cl)c(Cl)c2)CC1)C(F)(F)F. The molecule has 0 aliphatic carbocycles. The second-order valence-corrected chi connectivity index (χ2v) is 10.4. The van der Waals surface area contributed by atoms with Crippen molar-refractivity contribution in [2.75, 3.05) is 37.3 Å². The molecule has 0 aromatic heterocycles. The Kier molecular flexibility index (Phi) is 7.40. The largest absolute Gasteiger partial charge is 0.480 e. The summed E-state index contributed by atoms with van der Waals surface area (Å²) in [6, 6.07) is 8.43. The average molecular weight is 525 g/mol. The van der Waals surface area contributed by atoms with E-state index in [0.29, 0.717) is 23.1 Å². The Morgan fingerprint density at radius 3 is 2.21 bits per heavy atom. The van der Waals surface area contributed by atoms with E-state index in [9.17, 15) is 26.4 Å². The van der Waals surface area contributed by atoms with Crippen LogP contribution in [0.4, 0.5) is 18.9 Å². The summed E-state index contributed by atoms with van der Waals surface area (Å²) in [5.74, 6) is -0.942. The van der Waals surface area contributed by atoms with E-state index < -0.39 is 28.0 Å². The zero-order valence-electron chi connectivity index (χ0n) is 17.7. The van der Waals surface area contributed by atoms with Gasteiger partial charge < -0.3 is 14.5 Å². The van der Waals surface area contributed by atoms with Crippen LogP contribution in [-0.4, -0.2) is 63.9 Å². The maximum Gasteiger partial charge on any atom is 0.425 e. The second-order valence-electron chi connectivity index (χ2n) is 7.61. The lowest BCUT2D eigenvalue weighted by molar-refractivity contribution is -0.189. The van der Waals surface area contributed by atoms with E-state index in [0.717, 1.165) is 37.1 Å². The van der Waals surface area contributed by atoms with Crippen LogP contribution < -0.4 is 9.64 Å². The van der Waals surface area contributed by atoms with Crippen molar-refractivity contribution in [3.63, 3.8) is 0 Å². The van der Waals surface area contributed by atoms with Crippen molar-refractivity contribution >= 4 is 44.6 Å². The number of carbonyl (C=O) groups is 1. The summed E-state index contributed by atoms with van der Waals surface area (Å²) >= 11 is 12.0. The Balaban J connectivity index is 1.83. The summed E-state index contributed by atoms with van der Waals surface area (Å²) in [6.45, 7) is 2.21. The van der Waals surface area contributed by atoms with E-state index in [4.69, 9.17) is 27.9 Å². The maximum absolute atomic E-state index is 13.2. The molecule has 6 nitrogen and oxygen atoms in total. The van der Waals surface area contributed by atoms with Crippen LogP contribution in [0.1, 0.15) is 17.3 Å². The lowest BCUT2D eigenvalue weighted by atomic mass is 10.1. The van der Waals surface area contributed by atoms with E-state index in [-0.39, 0.29) is 29.3 Å². The van der Waals surface area contributed by atoms with Gasteiger partial charge in [-0.3, -0.25) is 4.79 Å². The Hall–Kier alpha value is -2.17. The fourth-order valence-electron chi connectivity index (χ4n) is 3.29. The Labute approximate surface area is 199 Å². The number of alkyl halides is 3. The molecule has 0 N–H and O–H groups in total. The minimum atomic E-state index is -4.65. The fraction of sp³-hybridized carbons (Fsp3) is 0.381. The van der Waals surface area contributed by atoms with Crippen LogP contribution in [0, 0.1) is 0 Å². The lowest BCUT2D eigenvalue weighted by Gasteiger charge is -2.36. The smallest absolute Gasteiger partial charge is 0.425 e. The van der Waals surface area contributed by atoms with Gasteiger partial charge in [-0.15, -0.1) is 0 Å². The molecule has 1 heterocycles. The van der Waals surface area contributed by atoms with Gasteiger partial charge in [0.2, 0.25) is 0 Å². The van der Waals surface area contributed by atoms with Gasteiger partial charge in [0.25, 0.3) is 5.91 Å². The number of benzene rings is 2. The number of amides is 1. The molecule has 180 valence electrons. The third-order valence-corrected chi connectivity index (χ3v) is 7.06. The number of ether oxygens (including phenoxy) is 1. The van der Waals surface area contributed by atoms with Crippen LogP contribution in [0.5, 0.6) is 5.75 Å². The molecule has 0 radical (unpaired) electrons. The minimum absolute atomic E-state index is 0.188. The van der Waals surface area contributed by atoms with Crippen LogP contribution in [0.3, 0.4) is 0 Å². The molecule has 1 saturated heterocycles. The molecular weight excluding hydrogens is 504 g/mol. The van der Waals surface area contributed by atoms with Crippen LogP contribution in [0.2, 0.25) is 10.0 Å². The summed E-state index contributed by atoms with van der Waals surface area (Å²) in [7, 11) is -3.70. The maximum atomic E-state index is 13.2. The molecule has 2 aromatic rings. The van der Waals surface area contributed by atoms with Gasteiger partial charge in [0.05, 0.1) is 20.5 Å². The van der Waals surface area contributed by atoms with Gasteiger partial charge >= 0.3 is 6.18 Å². The van der Waals surface area contributed by atoms with Crippen molar-refractivity contribution in [1.82, 2.24) is 4.90 Å². The summed E-state index contributed by atoms with van der Waals surface area (Å²) in [4.78, 5) is 16.4. The van der Waals surface area contributed by atoms with Crippen molar-refractivity contribution in [1.29, 1.82) is 0 Å². The number of nitrogens with zero attached hydrogens (tertiary/aromatic N) is 2. The Morgan fingerprint density at radius 1 is 1.03 bits per heavy atom. The molecule has 1 unspecified atom stereocenters. The molecular formula is C21H21Cl2F3N2O4S. The van der Waals surface area contributed by atoms with Gasteiger partial charge in [-0.05, 0) is 43.3 Å². The summed E-state index contributed by atoms with van der Waals surface area (Å²) in [5.41, 5.74) is 0.579. The number of halogens is 5. The molecule has 2 aromatic carbocycles. The number of piperazine rings is 1. The van der Waals surface area contributed by atoms with Crippen molar-refractivity contribution in [2.24, 2.45) is 0 Å². The fourth-order valence-corrected chi connectivity index (χ4v) is 4.23. The number of anilines is 1. The standard InChI is InChI=1S/C21H21Cl2F3N2O4S/c1-13(21(24,25)26)32-19-6-4-15(33(2,30)31)12-16(19)20(29)28-9-7-27(8-10-28)14-3-5-17(22)18(23)11-14/h3-6,11-13H,7-10H2,1-2H3. The third-order valence-electron chi connectivity index (χ3n) is 5.21. The molecule has 1 aliphatic rings. The first-order valence-corrected chi connectivity index (χ1v) is 12.5. The quantitative estimate of drug-likeness (QED) is 0.567. The van der Waals surface area contributed by atoms with Gasteiger partial charge in [-0.2, -0.15) is 13.2 Å². The zero-order chi connectivity index (χ0) is 24.6. The molecule has 12 heteroatoms. The van der Waals surface area contributed by atoms with E-state index in [2.05, 4.69) is 0 Å². The predicted octanol–water partition coefficient (Wildman–Crippen LogP) is 4.69. The Morgan fingerprint density at radius 2 is 1.67 bits per heavy atom. The molecule has 1 aliphatic heterocycles. The van der Waals surface area contributed by atoms with Gasteiger partial charge in [-0.25, -0.2) is 8.42 Å². The van der Waals surface area contributed by atoms with Gasteiger partial charge in [0.1, 0.15) is 5.75 Å². The number of sulfone groups is 1. The molecule has 1 atom stereocenters. The number of carbonyl (C=O) groups excluding carboxylic acids is 1. The van der Waals surface area contributed by atoms with Crippen molar-refractivity contribution in [2.45, 2.75) is 24.1 Å². The van der Waals surface area contributed by atoms with Crippen LogP contribution in [0.15, 0.2) is 41.3 Å². The van der Waals surface area contributed by atoms with Crippen LogP contribution >= 0.6 is 23.2 Å². The number of rotatable bonds is 5. The van der Waals surface area contributed by atoms with Crippen molar-refractivity contribution < 1.29 is 31.1 Å². The summed E-state index contributed by atoms with van der Waals surface area (Å²) in [6.07, 6.45) is -5.88. The monoisotopic (exact) mass is 524 g/mol. The first kappa shape index (κ1) is 25.5. The molecule has 0 saturated carbocycles. The van der Waals surface area contributed by atoms with Crippen molar-refractivity contribution in [3.8, 4) is 5.75 Å². The molecule has 1 amide bonds. The molecule has 3 rings (SSSR count). The third kappa shape index (κ3) is 6.04. The van der Waals surface area contributed by atoms with Crippen LogP contribution in [0.25, 0.3) is 0 Å². The zero-order valence-corrected chi connectivity index (χ0v) is 20.0. The van der Waals surface area contributed by atoms with E-state index >= 15 is 0 Å². The highest BCUT2D eigenvalue weighted by molar-refractivity contribution is 7.90. The van der Waals surface area contributed by atoms with Gasteiger partial charge in [0.15, 0.2) is 15.9 Å². The normalized spacial score (nSPS) is 16.0. The number of hydrogen-bond acceptors (Lipinski definition) is 5. The summed E-state index contributed by atoms with van der Waals surface area (Å²) < 4.78 is 67.9. The molecule has 0 bridgehead atoms. The van der Waals surface area contributed by atoms with Crippen LogP contribution in [-0.2, 0) is 9.84 Å². The first-order valence-electron chi connectivity index (χ1n) is 9.84. The molecule has 1 fully saturated rings. The Bertz CT molecular complexity index is 1150. The topological polar surface area (TPSA) is 66.9 Å². The predicted molar refractivity (Wildman–Crippen MR) is 120 cm³/mol.